The molecule has 0 atom stereocenters. The highest BCUT2D eigenvalue weighted by Crippen LogP contribution is 2.39. The van der Waals surface area contributed by atoms with Gasteiger partial charge >= 0.3 is 0 Å². The summed E-state index contributed by atoms with van der Waals surface area (Å²) in [5.74, 6) is 0.874. The second-order valence-electron chi connectivity index (χ2n) is 7.99. The number of thioether (sulfide) groups is 1. The Morgan fingerprint density at radius 3 is 2.47 bits per heavy atom. The first kappa shape index (κ1) is 23.9. The van der Waals surface area contributed by atoms with Crippen molar-refractivity contribution in [3.63, 3.8) is 0 Å². The minimum atomic E-state index is -0.197. The Labute approximate surface area is 214 Å². The van der Waals surface area contributed by atoms with Crippen LogP contribution >= 0.6 is 55.2 Å². The van der Waals surface area contributed by atoms with Gasteiger partial charge in [0.1, 0.15) is 12.4 Å². The molecule has 4 nitrogen and oxygen atoms in total. The van der Waals surface area contributed by atoms with Crippen LogP contribution in [0.3, 0.4) is 0 Å². The van der Waals surface area contributed by atoms with Crippen LogP contribution in [0.1, 0.15) is 43.2 Å². The van der Waals surface area contributed by atoms with Gasteiger partial charge in [-0.1, -0.05) is 49.1 Å². The lowest BCUT2D eigenvalue weighted by Gasteiger charge is -2.25. The predicted octanol–water partition coefficient (Wildman–Crippen LogP) is 8.06. The van der Waals surface area contributed by atoms with E-state index in [0.29, 0.717) is 34.7 Å². The van der Waals surface area contributed by atoms with E-state index in [1.807, 2.05) is 36.4 Å². The maximum atomic E-state index is 12.9. The van der Waals surface area contributed by atoms with Gasteiger partial charge in [0.25, 0.3) is 11.1 Å². The lowest BCUT2D eigenvalue weighted by molar-refractivity contribution is -0.123. The van der Waals surface area contributed by atoms with Crippen LogP contribution in [-0.2, 0) is 11.4 Å². The maximum absolute atomic E-state index is 12.9. The van der Waals surface area contributed by atoms with Crippen molar-refractivity contribution >= 4 is 72.4 Å². The Kier molecular flexibility index (Phi) is 8.03. The van der Waals surface area contributed by atoms with Gasteiger partial charge in [0.05, 0.1) is 13.9 Å². The molecule has 2 aliphatic rings. The molecule has 1 aliphatic carbocycles. The lowest BCUT2D eigenvalue weighted by Crippen LogP contribution is -2.34. The third-order valence-corrected chi connectivity index (χ3v) is 8.14. The van der Waals surface area contributed by atoms with Crippen LogP contribution in [0.4, 0.5) is 4.79 Å². The lowest BCUT2D eigenvalue weighted by atomic mass is 9.89. The normalized spacial score (nSPS) is 18.6. The summed E-state index contributed by atoms with van der Waals surface area (Å²) < 4.78 is 7.45. The highest BCUT2D eigenvalue weighted by Gasteiger charge is 2.36. The van der Waals surface area contributed by atoms with Gasteiger partial charge in [-0.2, -0.15) is 0 Å². The molecule has 0 radical (unpaired) electrons. The van der Waals surface area contributed by atoms with E-state index in [-0.39, 0.29) is 11.1 Å². The second kappa shape index (κ2) is 10.8. The maximum Gasteiger partial charge on any atom is 0.293 e. The number of benzene rings is 2. The van der Waals surface area contributed by atoms with Crippen LogP contribution in [0.25, 0.3) is 6.08 Å². The summed E-state index contributed by atoms with van der Waals surface area (Å²) in [5.41, 5.74) is 1.70. The zero-order chi connectivity index (χ0) is 22.7. The van der Waals surface area contributed by atoms with Gasteiger partial charge in [-0.15, -0.1) is 0 Å². The number of hydrogen-bond donors (Lipinski definition) is 0. The van der Waals surface area contributed by atoms with Crippen molar-refractivity contribution in [1.29, 1.82) is 0 Å². The first-order valence-corrected chi connectivity index (χ1v) is 13.3. The fourth-order valence-electron chi connectivity index (χ4n) is 4.00. The number of carbonyl (C=O) groups excluding carboxylic acids is 2. The number of ether oxygens (including phenoxy) is 1. The van der Waals surface area contributed by atoms with Crippen LogP contribution in [0.2, 0.25) is 5.02 Å². The van der Waals surface area contributed by atoms with Gasteiger partial charge in [-0.3, -0.25) is 14.5 Å². The first-order valence-electron chi connectivity index (χ1n) is 10.5. The Hall–Kier alpha value is -1.28. The van der Waals surface area contributed by atoms with Crippen LogP contribution in [0.5, 0.6) is 5.75 Å². The molecule has 32 heavy (non-hydrogen) atoms. The highest BCUT2D eigenvalue weighted by molar-refractivity contribution is 9.11. The van der Waals surface area contributed by atoms with Crippen LogP contribution in [0, 0.1) is 5.92 Å². The van der Waals surface area contributed by atoms with Crippen molar-refractivity contribution < 1.29 is 14.3 Å². The Morgan fingerprint density at radius 2 is 1.78 bits per heavy atom. The van der Waals surface area contributed by atoms with Crippen LogP contribution in [0.15, 0.2) is 50.2 Å². The number of hydrogen-bond acceptors (Lipinski definition) is 4. The number of nitrogens with zero attached hydrogens (tertiary/aromatic N) is 1. The molecule has 0 spiro atoms. The molecule has 4 rings (SSSR count). The number of amides is 2. The second-order valence-corrected chi connectivity index (χ2v) is 11.1. The third kappa shape index (κ3) is 5.61. The third-order valence-electron chi connectivity index (χ3n) is 5.69. The molecular weight excluding hydrogens is 578 g/mol. The van der Waals surface area contributed by atoms with E-state index >= 15 is 0 Å². The number of imide groups is 1. The predicted molar refractivity (Wildman–Crippen MR) is 137 cm³/mol. The molecule has 1 aliphatic heterocycles. The van der Waals surface area contributed by atoms with E-state index in [0.717, 1.165) is 44.7 Å². The van der Waals surface area contributed by atoms with Gasteiger partial charge in [-0.25, -0.2) is 0 Å². The fourth-order valence-corrected chi connectivity index (χ4v) is 6.49. The summed E-state index contributed by atoms with van der Waals surface area (Å²) >= 11 is 14.3. The van der Waals surface area contributed by atoms with Crippen LogP contribution in [-0.4, -0.2) is 22.6 Å². The standard InChI is InChI=1S/C24H22Br2ClNO3S/c25-18-10-16(11-19(26)22(18)31-14-17-8-4-5-9-20(17)27)12-21-23(29)28(24(30)32-21)13-15-6-2-1-3-7-15/h4-5,8-12,15H,1-3,6-7,13-14H2/b21-12+. The van der Waals surface area contributed by atoms with Gasteiger partial charge in [-0.05, 0) is 92.2 Å². The van der Waals surface area contributed by atoms with E-state index in [1.54, 1.807) is 6.08 Å². The molecular formula is C24H22Br2ClNO3S. The van der Waals surface area contributed by atoms with E-state index < -0.39 is 0 Å². The van der Waals surface area contributed by atoms with Gasteiger partial charge < -0.3 is 4.74 Å². The summed E-state index contributed by atoms with van der Waals surface area (Å²) in [6.45, 7) is 0.862. The van der Waals surface area contributed by atoms with Gasteiger partial charge in [0.2, 0.25) is 0 Å². The molecule has 1 saturated heterocycles. The SMILES string of the molecule is O=C1S/C(=C/c2cc(Br)c(OCc3ccccc3Cl)c(Br)c2)C(=O)N1CC1CCCCC1. The summed E-state index contributed by atoms with van der Waals surface area (Å²) in [6, 6.07) is 11.3. The molecule has 1 heterocycles. The highest BCUT2D eigenvalue weighted by atomic mass is 79.9. The molecule has 2 amide bonds. The number of rotatable bonds is 6. The first-order chi connectivity index (χ1) is 15.4. The Balaban J connectivity index is 1.47. The number of halogens is 3. The van der Waals surface area contributed by atoms with Crippen molar-refractivity contribution in [3.8, 4) is 5.75 Å². The molecule has 168 valence electrons. The van der Waals surface area contributed by atoms with Crippen molar-refractivity contribution in [2.75, 3.05) is 6.54 Å². The minimum absolute atomic E-state index is 0.176. The zero-order valence-electron chi connectivity index (χ0n) is 17.3. The topological polar surface area (TPSA) is 46.6 Å². The summed E-state index contributed by atoms with van der Waals surface area (Å²) in [5, 5.41) is 0.477. The zero-order valence-corrected chi connectivity index (χ0v) is 22.0. The van der Waals surface area contributed by atoms with E-state index in [4.69, 9.17) is 16.3 Å². The molecule has 0 aromatic heterocycles. The smallest absolute Gasteiger partial charge is 0.293 e. The van der Waals surface area contributed by atoms with Crippen molar-refractivity contribution in [1.82, 2.24) is 4.90 Å². The Morgan fingerprint density at radius 1 is 1.09 bits per heavy atom. The van der Waals surface area contributed by atoms with Gasteiger partial charge in [0, 0.05) is 17.1 Å². The van der Waals surface area contributed by atoms with E-state index in [2.05, 4.69) is 31.9 Å². The average Bonchev–Trinajstić information content (AvgIpc) is 3.02. The molecule has 0 N–H and O–H groups in total. The van der Waals surface area contributed by atoms with Crippen molar-refractivity contribution in [3.05, 3.63) is 66.4 Å². The molecule has 2 fully saturated rings. The summed E-state index contributed by atoms with van der Waals surface area (Å²) in [7, 11) is 0. The van der Waals surface area contributed by atoms with Gasteiger partial charge in [0.15, 0.2) is 0 Å². The monoisotopic (exact) mass is 597 g/mol. The van der Waals surface area contributed by atoms with E-state index in [1.165, 1.54) is 24.2 Å². The minimum Gasteiger partial charge on any atom is -0.486 e. The average molecular weight is 600 g/mol. The molecule has 0 unspecified atom stereocenters. The molecule has 2 aromatic carbocycles. The van der Waals surface area contributed by atoms with Crippen LogP contribution < -0.4 is 4.74 Å². The molecule has 0 bridgehead atoms. The summed E-state index contributed by atoms with van der Waals surface area (Å²) in [4.78, 5) is 27.2. The molecule has 1 saturated carbocycles. The van der Waals surface area contributed by atoms with E-state index in [9.17, 15) is 9.59 Å². The fraction of sp³-hybridized carbons (Fsp3) is 0.333. The number of carbonyl (C=O) groups is 2. The Bertz CT molecular complexity index is 1050. The molecule has 2 aromatic rings. The van der Waals surface area contributed by atoms with Crippen molar-refractivity contribution in [2.24, 2.45) is 5.92 Å². The summed E-state index contributed by atoms with van der Waals surface area (Å²) in [6.07, 6.45) is 7.57. The quantitative estimate of drug-likeness (QED) is 0.315. The largest absolute Gasteiger partial charge is 0.486 e. The molecule has 8 heteroatoms. The van der Waals surface area contributed by atoms with Crippen molar-refractivity contribution in [2.45, 2.75) is 38.7 Å².